The average Bonchev–Trinajstić information content (AvgIpc) is 2.84. The first-order chi connectivity index (χ1) is 13.8. The Balaban J connectivity index is 1.69. The Hall–Kier alpha value is -2.59. The van der Waals surface area contributed by atoms with E-state index in [-0.39, 0.29) is 5.82 Å². The van der Waals surface area contributed by atoms with Crippen LogP contribution in [0.1, 0.15) is 38.8 Å². The third-order valence-electron chi connectivity index (χ3n) is 5.35. The number of nitrogens with zero attached hydrogens (tertiary/aromatic N) is 1. The molecule has 1 aliphatic heterocycles. The van der Waals surface area contributed by atoms with Gasteiger partial charge in [0.15, 0.2) is 0 Å². The Morgan fingerprint density at radius 1 is 1.03 bits per heavy atom. The van der Waals surface area contributed by atoms with Crippen LogP contribution in [0.15, 0.2) is 36.5 Å². The van der Waals surface area contributed by atoms with Crippen molar-refractivity contribution in [2.24, 2.45) is 0 Å². The molecule has 2 heterocycles. The number of urea groups is 1. The van der Waals surface area contributed by atoms with Crippen LogP contribution in [-0.2, 0) is 15.5 Å². The molecule has 2 amide bonds. The van der Waals surface area contributed by atoms with E-state index in [2.05, 4.69) is 15.6 Å². The number of amides is 2. The van der Waals surface area contributed by atoms with E-state index in [0.717, 1.165) is 29.4 Å². The molecular weight excluding hydrogens is 398 g/mol. The van der Waals surface area contributed by atoms with Gasteiger partial charge in [-0.25, -0.2) is 9.78 Å². The van der Waals surface area contributed by atoms with Crippen molar-refractivity contribution >= 4 is 30.1 Å². The molecule has 0 bridgehead atoms. The molecule has 0 radical (unpaired) electrons. The number of alkyl halides is 3. The molecule has 0 spiro atoms. The van der Waals surface area contributed by atoms with Crippen molar-refractivity contribution in [2.75, 3.05) is 10.6 Å². The zero-order valence-corrected chi connectivity index (χ0v) is 17.3. The number of anilines is 2. The van der Waals surface area contributed by atoms with Crippen LogP contribution in [-0.4, -0.2) is 29.3 Å². The van der Waals surface area contributed by atoms with Crippen molar-refractivity contribution in [3.05, 3.63) is 47.7 Å². The molecule has 0 atom stereocenters. The summed E-state index contributed by atoms with van der Waals surface area (Å²) in [6, 6.07) is 6.20. The highest BCUT2D eigenvalue weighted by molar-refractivity contribution is 6.62. The van der Waals surface area contributed by atoms with Gasteiger partial charge in [-0.15, -0.1) is 0 Å². The van der Waals surface area contributed by atoms with Gasteiger partial charge in [-0.3, -0.25) is 5.32 Å². The van der Waals surface area contributed by atoms with Crippen LogP contribution < -0.4 is 16.1 Å². The maximum absolute atomic E-state index is 12.8. The number of carbonyl (C=O) groups is 1. The van der Waals surface area contributed by atoms with Crippen LogP contribution in [0.5, 0.6) is 0 Å². The van der Waals surface area contributed by atoms with Crippen LogP contribution in [0.2, 0.25) is 0 Å². The maximum Gasteiger partial charge on any atom is 0.494 e. The van der Waals surface area contributed by atoms with Crippen molar-refractivity contribution in [3.63, 3.8) is 0 Å². The normalized spacial score (nSPS) is 17.7. The fraction of sp³-hybridized carbons (Fsp3) is 0.400. The summed E-state index contributed by atoms with van der Waals surface area (Å²) in [5, 5.41) is 4.93. The summed E-state index contributed by atoms with van der Waals surface area (Å²) in [5.41, 5.74) is 0.210. The molecule has 160 valence electrons. The fourth-order valence-corrected chi connectivity index (χ4v) is 2.90. The summed E-state index contributed by atoms with van der Waals surface area (Å²) in [5.74, 6) is -0.200. The van der Waals surface area contributed by atoms with Gasteiger partial charge in [-0.1, -0.05) is 12.1 Å². The molecule has 0 aliphatic carbocycles. The molecule has 30 heavy (non-hydrogen) atoms. The second-order valence-corrected chi connectivity index (χ2v) is 8.17. The summed E-state index contributed by atoms with van der Waals surface area (Å²) in [6.07, 6.45) is -3.53. The molecule has 1 aliphatic rings. The second kappa shape index (κ2) is 7.59. The van der Waals surface area contributed by atoms with Crippen LogP contribution in [0.4, 0.5) is 29.5 Å². The average molecular weight is 421 g/mol. The number of benzene rings is 1. The standard InChI is InChI=1S/C20H23BF3N3O3/c1-12-10-14(21-29-18(2,3)19(4,5)30-21)6-7-15(12)26-17(28)27-16-11-13(8-9-25-16)20(22,23)24/h6-11H,1-5H3,(H2,25,26,27,28). The monoisotopic (exact) mass is 421 g/mol. The molecule has 0 saturated carbocycles. The summed E-state index contributed by atoms with van der Waals surface area (Å²) >= 11 is 0. The van der Waals surface area contributed by atoms with Gasteiger partial charge < -0.3 is 14.6 Å². The third-order valence-corrected chi connectivity index (χ3v) is 5.35. The lowest BCUT2D eigenvalue weighted by Gasteiger charge is -2.32. The molecule has 2 aromatic rings. The van der Waals surface area contributed by atoms with Crippen molar-refractivity contribution in [3.8, 4) is 0 Å². The predicted octanol–water partition coefficient (Wildman–Crippen LogP) is 4.35. The Labute approximate surface area is 173 Å². The Morgan fingerprint density at radius 2 is 1.67 bits per heavy atom. The Bertz CT molecular complexity index is 948. The fourth-order valence-electron chi connectivity index (χ4n) is 2.90. The molecule has 1 aromatic carbocycles. The molecule has 10 heteroatoms. The lowest BCUT2D eigenvalue weighted by Crippen LogP contribution is -2.41. The van der Waals surface area contributed by atoms with Gasteiger partial charge in [-0.2, -0.15) is 13.2 Å². The highest BCUT2D eigenvalue weighted by Gasteiger charge is 2.51. The maximum atomic E-state index is 12.8. The molecule has 6 nitrogen and oxygen atoms in total. The molecule has 1 fully saturated rings. The Morgan fingerprint density at radius 3 is 2.23 bits per heavy atom. The summed E-state index contributed by atoms with van der Waals surface area (Å²) in [6.45, 7) is 9.64. The lowest BCUT2D eigenvalue weighted by molar-refractivity contribution is -0.137. The minimum Gasteiger partial charge on any atom is -0.399 e. The van der Waals surface area contributed by atoms with Gasteiger partial charge in [0.2, 0.25) is 0 Å². The van der Waals surface area contributed by atoms with E-state index in [1.54, 1.807) is 19.1 Å². The number of carbonyl (C=O) groups excluding carboxylic acids is 1. The molecular formula is C20H23BF3N3O3. The lowest BCUT2D eigenvalue weighted by atomic mass is 9.78. The predicted molar refractivity (Wildman–Crippen MR) is 109 cm³/mol. The number of aryl methyl sites for hydroxylation is 1. The summed E-state index contributed by atoms with van der Waals surface area (Å²) in [7, 11) is -0.536. The van der Waals surface area contributed by atoms with Crippen molar-refractivity contribution < 1.29 is 27.3 Å². The molecule has 3 rings (SSSR count). The smallest absolute Gasteiger partial charge is 0.399 e. The van der Waals surface area contributed by atoms with Crippen LogP contribution >= 0.6 is 0 Å². The number of pyridine rings is 1. The topological polar surface area (TPSA) is 72.5 Å². The van der Waals surface area contributed by atoms with Crippen molar-refractivity contribution in [2.45, 2.75) is 52.0 Å². The number of hydrogen-bond donors (Lipinski definition) is 2. The van der Waals surface area contributed by atoms with E-state index in [1.165, 1.54) is 0 Å². The number of hydrogen-bond acceptors (Lipinski definition) is 4. The number of halogens is 3. The van der Waals surface area contributed by atoms with E-state index in [0.29, 0.717) is 5.69 Å². The second-order valence-electron chi connectivity index (χ2n) is 8.17. The van der Waals surface area contributed by atoms with Crippen LogP contribution in [0, 0.1) is 6.92 Å². The Kier molecular flexibility index (Phi) is 5.59. The van der Waals surface area contributed by atoms with Crippen LogP contribution in [0.25, 0.3) is 0 Å². The van der Waals surface area contributed by atoms with Crippen molar-refractivity contribution in [1.29, 1.82) is 0 Å². The van der Waals surface area contributed by atoms with Gasteiger partial charge in [-0.05, 0) is 63.8 Å². The molecule has 1 saturated heterocycles. The van der Waals surface area contributed by atoms with E-state index in [1.807, 2.05) is 33.8 Å². The first-order valence-electron chi connectivity index (χ1n) is 9.36. The highest BCUT2D eigenvalue weighted by atomic mass is 19.4. The number of aromatic nitrogens is 1. The van der Waals surface area contributed by atoms with E-state index in [9.17, 15) is 18.0 Å². The van der Waals surface area contributed by atoms with Gasteiger partial charge in [0.25, 0.3) is 0 Å². The van der Waals surface area contributed by atoms with Gasteiger partial charge in [0, 0.05) is 11.9 Å². The largest absolute Gasteiger partial charge is 0.494 e. The minimum absolute atomic E-state index is 0.200. The minimum atomic E-state index is -4.52. The van der Waals surface area contributed by atoms with Gasteiger partial charge in [0.1, 0.15) is 5.82 Å². The molecule has 1 aromatic heterocycles. The third kappa shape index (κ3) is 4.60. The first kappa shape index (κ1) is 22.1. The zero-order valence-electron chi connectivity index (χ0n) is 17.3. The zero-order chi connectivity index (χ0) is 22.3. The van der Waals surface area contributed by atoms with Crippen LogP contribution in [0.3, 0.4) is 0 Å². The summed E-state index contributed by atoms with van der Waals surface area (Å²) < 4.78 is 50.4. The molecule has 2 N–H and O–H groups in total. The SMILES string of the molecule is Cc1cc(B2OC(C)(C)C(C)(C)O2)ccc1NC(=O)Nc1cc(C(F)(F)F)ccn1. The quantitative estimate of drug-likeness (QED) is 0.723. The summed E-state index contributed by atoms with van der Waals surface area (Å²) in [4.78, 5) is 16.0. The number of nitrogens with one attached hydrogen (secondary N) is 2. The molecule has 0 unspecified atom stereocenters. The number of rotatable bonds is 3. The first-order valence-corrected chi connectivity index (χ1v) is 9.36. The van der Waals surface area contributed by atoms with Crippen molar-refractivity contribution in [1.82, 2.24) is 4.98 Å². The highest BCUT2D eigenvalue weighted by Crippen LogP contribution is 2.36. The van der Waals surface area contributed by atoms with E-state index in [4.69, 9.17) is 9.31 Å². The van der Waals surface area contributed by atoms with Gasteiger partial charge >= 0.3 is 19.3 Å². The van der Waals surface area contributed by atoms with E-state index >= 15 is 0 Å². The van der Waals surface area contributed by atoms with E-state index < -0.39 is 36.1 Å². The van der Waals surface area contributed by atoms with Gasteiger partial charge in [0.05, 0.1) is 16.8 Å².